The van der Waals surface area contributed by atoms with Crippen LogP contribution in [0, 0.1) is 11.3 Å². The predicted molar refractivity (Wildman–Crippen MR) is 82.2 cm³/mol. The molecule has 1 aliphatic carbocycles. The number of rotatable bonds is 4. The number of ether oxygens (including phenoxy) is 2. The van der Waals surface area contributed by atoms with E-state index in [0.29, 0.717) is 11.3 Å². The maximum atomic E-state index is 6.58. The number of hydrogen-bond donors (Lipinski definition) is 1. The van der Waals surface area contributed by atoms with Crippen LogP contribution in [0.2, 0.25) is 0 Å². The van der Waals surface area contributed by atoms with Crippen LogP contribution in [0.1, 0.15) is 51.1 Å². The van der Waals surface area contributed by atoms with Crippen LogP contribution in [0.5, 0.6) is 11.5 Å². The molecule has 0 heterocycles. The summed E-state index contributed by atoms with van der Waals surface area (Å²) in [5.74, 6) is 2.12. The maximum absolute atomic E-state index is 6.58. The summed E-state index contributed by atoms with van der Waals surface area (Å²) in [4.78, 5) is 0. The fourth-order valence-electron chi connectivity index (χ4n) is 3.44. The van der Waals surface area contributed by atoms with E-state index in [1.807, 2.05) is 18.2 Å². The Morgan fingerprint density at radius 2 is 1.70 bits per heavy atom. The summed E-state index contributed by atoms with van der Waals surface area (Å²) >= 11 is 0. The molecule has 3 heteroatoms. The first-order valence-electron chi connectivity index (χ1n) is 7.46. The minimum Gasteiger partial charge on any atom is -0.497 e. The lowest BCUT2D eigenvalue weighted by atomic mass is 9.65. The summed E-state index contributed by atoms with van der Waals surface area (Å²) in [5.41, 5.74) is 7.99. The van der Waals surface area contributed by atoms with Crippen LogP contribution in [-0.2, 0) is 0 Å². The molecule has 2 rings (SSSR count). The summed E-state index contributed by atoms with van der Waals surface area (Å²) in [6, 6.07) is 6.01. The molecule has 2 atom stereocenters. The van der Waals surface area contributed by atoms with Crippen LogP contribution in [-0.4, -0.2) is 14.2 Å². The van der Waals surface area contributed by atoms with Gasteiger partial charge in [0.15, 0.2) is 0 Å². The van der Waals surface area contributed by atoms with Crippen LogP contribution in [0.3, 0.4) is 0 Å². The molecule has 0 radical (unpaired) electrons. The van der Waals surface area contributed by atoms with Gasteiger partial charge >= 0.3 is 0 Å². The molecule has 0 amide bonds. The van der Waals surface area contributed by atoms with Crippen molar-refractivity contribution in [3.8, 4) is 11.5 Å². The van der Waals surface area contributed by atoms with Gasteiger partial charge in [-0.25, -0.2) is 0 Å². The van der Waals surface area contributed by atoms with E-state index in [9.17, 15) is 0 Å². The zero-order chi connectivity index (χ0) is 14.8. The molecule has 0 aromatic heterocycles. The second-order valence-corrected chi connectivity index (χ2v) is 6.51. The van der Waals surface area contributed by atoms with Gasteiger partial charge in [-0.15, -0.1) is 0 Å². The Morgan fingerprint density at radius 1 is 1.10 bits per heavy atom. The van der Waals surface area contributed by atoms with Crippen LogP contribution in [0.25, 0.3) is 0 Å². The molecule has 1 aromatic rings. The topological polar surface area (TPSA) is 44.5 Å². The van der Waals surface area contributed by atoms with E-state index in [1.54, 1.807) is 14.2 Å². The second kappa shape index (κ2) is 6.04. The van der Waals surface area contributed by atoms with Crippen molar-refractivity contribution in [2.24, 2.45) is 17.1 Å². The van der Waals surface area contributed by atoms with Crippen molar-refractivity contribution in [1.82, 2.24) is 0 Å². The van der Waals surface area contributed by atoms with Gasteiger partial charge in [0.2, 0.25) is 0 Å². The molecule has 1 fully saturated rings. The first kappa shape index (κ1) is 15.2. The van der Waals surface area contributed by atoms with E-state index in [-0.39, 0.29) is 6.04 Å². The second-order valence-electron chi connectivity index (χ2n) is 6.51. The van der Waals surface area contributed by atoms with Gasteiger partial charge in [-0.1, -0.05) is 26.7 Å². The van der Waals surface area contributed by atoms with Gasteiger partial charge in [0, 0.05) is 12.1 Å². The van der Waals surface area contributed by atoms with Crippen LogP contribution >= 0.6 is 0 Å². The van der Waals surface area contributed by atoms with Gasteiger partial charge < -0.3 is 15.2 Å². The van der Waals surface area contributed by atoms with E-state index in [2.05, 4.69) is 13.8 Å². The first-order valence-corrected chi connectivity index (χ1v) is 7.46. The molecular weight excluding hydrogens is 250 g/mol. The van der Waals surface area contributed by atoms with Gasteiger partial charge in [-0.3, -0.25) is 0 Å². The normalized spacial score (nSPS) is 23.1. The number of hydrogen-bond acceptors (Lipinski definition) is 3. The lowest BCUT2D eigenvalue weighted by Crippen LogP contribution is -2.36. The van der Waals surface area contributed by atoms with Gasteiger partial charge in [0.25, 0.3) is 0 Å². The Kier molecular flexibility index (Phi) is 4.59. The molecule has 112 valence electrons. The number of benzene rings is 1. The maximum Gasteiger partial charge on any atom is 0.122 e. The minimum absolute atomic E-state index is 0.0364. The van der Waals surface area contributed by atoms with Crippen molar-refractivity contribution >= 4 is 0 Å². The van der Waals surface area contributed by atoms with Crippen molar-refractivity contribution in [3.05, 3.63) is 23.8 Å². The van der Waals surface area contributed by atoms with Crippen LogP contribution in [0.4, 0.5) is 0 Å². The average molecular weight is 277 g/mol. The molecule has 2 unspecified atom stereocenters. The third kappa shape index (κ3) is 3.09. The molecule has 2 N–H and O–H groups in total. The molecule has 1 saturated carbocycles. The third-order valence-electron chi connectivity index (χ3n) is 4.78. The molecule has 3 nitrogen and oxygen atoms in total. The highest BCUT2D eigenvalue weighted by Gasteiger charge is 2.36. The van der Waals surface area contributed by atoms with Crippen LogP contribution in [0.15, 0.2) is 18.2 Å². The molecule has 0 bridgehead atoms. The van der Waals surface area contributed by atoms with E-state index in [0.717, 1.165) is 17.1 Å². The van der Waals surface area contributed by atoms with Crippen molar-refractivity contribution in [1.29, 1.82) is 0 Å². The third-order valence-corrected chi connectivity index (χ3v) is 4.78. The van der Waals surface area contributed by atoms with E-state index in [4.69, 9.17) is 15.2 Å². The van der Waals surface area contributed by atoms with E-state index < -0.39 is 0 Å². The summed E-state index contributed by atoms with van der Waals surface area (Å²) < 4.78 is 10.7. The van der Waals surface area contributed by atoms with Crippen molar-refractivity contribution in [2.75, 3.05) is 14.2 Å². The minimum atomic E-state index is 0.0364. The zero-order valence-electron chi connectivity index (χ0n) is 13.1. The highest BCUT2D eigenvalue weighted by atomic mass is 16.5. The lowest BCUT2D eigenvalue weighted by molar-refractivity contribution is 0.112. The SMILES string of the molecule is COc1cc(OC)cc(C(N)C2CCCCC2(C)C)c1. The van der Waals surface area contributed by atoms with Gasteiger partial charge in [-0.05, 0) is 41.9 Å². The molecule has 0 aliphatic heterocycles. The average Bonchev–Trinajstić information content (AvgIpc) is 2.45. The monoisotopic (exact) mass is 277 g/mol. The van der Waals surface area contributed by atoms with E-state index in [1.165, 1.54) is 25.7 Å². The Morgan fingerprint density at radius 3 is 2.20 bits per heavy atom. The molecular formula is C17H27NO2. The number of nitrogens with two attached hydrogens (primary N) is 1. The summed E-state index contributed by atoms with van der Waals surface area (Å²) in [6.45, 7) is 4.68. The summed E-state index contributed by atoms with van der Waals surface area (Å²) in [6.07, 6.45) is 5.06. The standard InChI is InChI=1S/C17H27NO2/c1-17(2)8-6-5-7-15(17)16(18)12-9-13(19-3)11-14(10-12)20-4/h9-11,15-16H,5-8,18H2,1-4H3. The molecule has 1 aromatic carbocycles. The molecule has 0 saturated heterocycles. The van der Waals surface area contributed by atoms with Gasteiger partial charge in [0.05, 0.1) is 14.2 Å². The quantitative estimate of drug-likeness (QED) is 0.907. The smallest absolute Gasteiger partial charge is 0.122 e. The fraction of sp³-hybridized carbons (Fsp3) is 0.647. The van der Waals surface area contributed by atoms with Gasteiger partial charge in [0.1, 0.15) is 11.5 Å². The Hall–Kier alpha value is -1.22. The zero-order valence-corrected chi connectivity index (χ0v) is 13.1. The molecule has 1 aliphatic rings. The predicted octanol–water partition coefficient (Wildman–Crippen LogP) is 3.92. The van der Waals surface area contributed by atoms with Gasteiger partial charge in [-0.2, -0.15) is 0 Å². The highest BCUT2D eigenvalue weighted by molar-refractivity contribution is 5.40. The molecule has 0 spiro atoms. The first-order chi connectivity index (χ1) is 9.47. The van der Waals surface area contributed by atoms with Crippen molar-refractivity contribution < 1.29 is 9.47 Å². The fourth-order valence-corrected chi connectivity index (χ4v) is 3.44. The number of methoxy groups -OCH3 is 2. The Labute approximate surface area is 122 Å². The van der Waals surface area contributed by atoms with Crippen molar-refractivity contribution in [3.63, 3.8) is 0 Å². The largest absolute Gasteiger partial charge is 0.497 e. The van der Waals surface area contributed by atoms with Crippen molar-refractivity contribution in [2.45, 2.75) is 45.6 Å². The summed E-state index contributed by atoms with van der Waals surface area (Å²) in [7, 11) is 3.35. The lowest BCUT2D eigenvalue weighted by Gasteiger charge is -2.42. The highest BCUT2D eigenvalue weighted by Crippen LogP contribution is 2.46. The Balaban J connectivity index is 2.29. The van der Waals surface area contributed by atoms with E-state index >= 15 is 0 Å². The van der Waals surface area contributed by atoms with Crippen LogP contribution < -0.4 is 15.2 Å². The summed E-state index contributed by atoms with van der Waals surface area (Å²) in [5, 5.41) is 0. The molecule has 20 heavy (non-hydrogen) atoms. The Bertz CT molecular complexity index is 434.